The third kappa shape index (κ3) is 6.98. The number of anilines is 1. The van der Waals surface area contributed by atoms with Crippen molar-refractivity contribution in [2.45, 2.75) is 19.4 Å². The minimum atomic E-state index is -1.82. The highest BCUT2D eigenvalue weighted by Crippen LogP contribution is 2.30. The Bertz CT molecular complexity index is 1340. The molecule has 0 amide bonds. The molecule has 38 heavy (non-hydrogen) atoms. The molecule has 1 aliphatic heterocycles. The van der Waals surface area contributed by atoms with Crippen molar-refractivity contribution in [2.24, 2.45) is 0 Å². The molecule has 1 aromatic heterocycles. The number of halogens is 1. The average Bonchev–Trinajstić information content (AvgIpc) is 3.31. The van der Waals surface area contributed by atoms with Gasteiger partial charge in [0.1, 0.15) is 5.82 Å². The minimum Gasteiger partial charge on any atom is -0.473 e. The Kier molecular flexibility index (Phi) is 9.11. The topological polar surface area (TPSA) is 86.0 Å². The quantitative estimate of drug-likeness (QED) is 0.259. The first-order chi connectivity index (χ1) is 18.4. The van der Waals surface area contributed by atoms with Crippen molar-refractivity contribution < 1.29 is 24.2 Å². The van der Waals surface area contributed by atoms with Gasteiger partial charge in [-0.2, -0.15) is 0 Å². The number of rotatable bonds is 7. The van der Waals surface area contributed by atoms with Crippen LogP contribution in [0, 0.1) is 5.82 Å². The lowest BCUT2D eigenvalue weighted by atomic mass is 10.1. The summed E-state index contributed by atoms with van der Waals surface area (Å²) in [5.74, 6) is -3.82. The van der Waals surface area contributed by atoms with Crippen LogP contribution < -0.4 is 4.90 Å². The van der Waals surface area contributed by atoms with Gasteiger partial charge >= 0.3 is 11.9 Å². The molecular formula is C30H32FN3O4. The second-order valence-electron chi connectivity index (χ2n) is 9.24. The van der Waals surface area contributed by atoms with Crippen LogP contribution in [-0.4, -0.2) is 64.3 Å². The van der Waals surface area contributed by atoms with E-state index in [-0.39, 0.29) is 5.82 Å². The molecule has 4 aromatic rings. The van der Waals surface area contributed by atoms with E-state index in [4.69, 9.17) is 19.8 Å². The molecule has 1 saturated heterocycles. The van der Waals surface area contributed by atoms with Crippen LogP contribution in [-0.2, 0) is 16.1 Å². The van der Waals surface area contributed by atoms with Crippen LogP contribution in [0.2, 0.25) is 0 Å². The van der Waals surface area contributed by atoms with E-state index < -0.39 is 11.9 Å². The standard InChI is InChI=1S/C28H30FN3.C2H2O4/c29-24-12-14-25(15-13-24)31-20-18-30(19-21-31)16-6-7-17-32-22-27(23-8-2-1-3-9-23)26-10-4-5-11-28(26)32;3-1(4)2(5)6/h1-5,8-15,22H,6-7,16-21H2;(H,3,4)(H,5,6). The number of fused-ring (bicyclic) bond motifs is 1. The number of para-hydroxylation sites is 1. The number of hydrogen-bond acceptors (Lipinski definition) is 4. The Labute approximate surface area is 221 Å². The first-order valence-electron chi connectivity index (χ1n) is 12.7. The molecule has 0 radical (unpaired) electrons. The van der Waals surface area contributed by atoms with Gasteiger partial charge in [-0.1, -0.05) is 48.5 Å². The van der Waals surface area contributed by atoms with Gasteiger partial charge in [0.2, 0.25) is 0 Å². The van der Waals surface area contributed by atoms with Crippen LogP contribution >= 0.6 is 0 Å². The van der Waals surface area contributed by atoms with Crippen LogP contribution in [0.1, 0.15) is 12.8 Å². The van der Waals surface area contributed by atoms with E-state index in [1.54, 1.807) is 12.1 Å². The normalized spacial score (nSPS) is 13.7. The number of unbranched alkanes of at least 4 members (excludes halogenated alkanes) is 1. The lowest BCUT2D eigenvalue weighted by molar-refractivity contribution is -0.159. The highest BCUT2D eigenvalue weighted by Gasteiger charge is 2.17. The Balaban J connectivity index is 0.000000505. The van der Waals surface area contributed by atoms with E-state index in [0.717, 1.165) is 45.0 Å². The molecule has 0 saturated carbocycles. The van der Waals surface area contributed by atoms with Crippen molar-refractivity contribution >= 4 is 28.5 Å². The van der Waals surface area contributed by atoms with Crippen molar-refractivity contribution in [2.75, 3.05) is 37.6 Å². The maximum atomic E-state index is 13.2. The number of carbonyl (C=O) groups is 2. The predicted octanol–water partition coefficient (Wildman–Crippen LogP) is 5.21. The number of hydrogen-bond donors (Lipinski definition) is 2. The summed E-state index contributed by atoms with van der Waals surface area (Å²) in [4.78, 5) is 23.1. The van der Waals surface area contributed by atoms with E-state index in [1.807, 2.05) is 12.1 Å². The number of piperazine rings is 1. The van der Waals surface area contributed by atoms with Crippen molar-refractivity contribution in [3.05, 3.63) is 90.9 Å². The highest BCUT2D eigenvalue weighted by atomic mass is 19.1. The second-order valence-corrected chi connectivity index (χ2v) is 9.24. The Morgan fingerprint density at radius 2 is 1.34 bits per heavy atom. The van der Waals surface area contributed by atoms with Gasteiger partial charge in [0.05, 0.1) is 0 Å². The summed E-state index contributed by atoms with van der Waals surface area (Å²) >= 11 is 0. The number of aliphatic carboxylic acids is 2. The third-order valence-corrected chi connectivity index (χ3v) is 6.74. The number of carboxylic acid groups (broad SMARTS) is 2. The molecule has 3 aromatic carbocycles. The SMILES string of the molecule is Fc1ccc(N2CCN(CCCCn3cc(-c4ccccc4)c4ccccc43)CC2)cc1.O=C(O)C(=O)O. The number of carboxylic acids is 2. The molecule has 0 spiro atoms. The van der Waals surface area contributed by atoms with Gasteiger partial charge in [-0.3, -0.25) is 4.90 Å². The van der Waals surface area contributed by atoms with Gasteiger partial charge < -0.3 is 19.7 Å². The summed E-state index contributed by atoms with van der Waals surface area (Å²) in [5, 5.41) is 16.1. The first kappa shape index (κ1) is 26.9. The predicted molar refractivity (Wildman–Crippen MR) is 147 cm³/mol. The largest absolute Gasteiger partial charge is 0.473 e. The fraction of sp³-hybridized carbons (Fsp3) is 0.267. The molecule has 0 aliphatic carbocycles. The smallest absolute Gasteiger partial charge is 0.414 e. The molecule has 0 bridgehead atoms. The molecule has 1 aliphatic rings. The Morgan fingerprint density at radius 3 is 2.00 bits per heavy atom. The molecular weight excluding hydrogens is 485 g/mol. The minimum absolute atomic E-state index is 0.168. The third-order valence-electron chi connectivity index (χ3n) is 6.74. The fourth-order valence-corrected chi connectivity index (χ4v) is 4.78. The van der Waals surface area contributed by atoms with E-state index in [1.165, 1.54) is 34.9 Å². The van der Waals surface area contributed by atoms with Crippen molar-refractivity contribution in [1.29, 1.82) is 0 Å². The molecule has 0 atom stereocenters. The lowest BCUT2D eigenvalue weighted by Gasteiger charge is -2.36. The molecule has 0 unspecified atom stereocenters. The molecule has 2 heterocycles. The summed E-state index contributed by atoms with van der Waals surface area (Å²) in [6, 6.07) is 26.3. The van der Waals surface area contributed by atoms with Crippen molar-refractivity contribution in [3.8, 4) is 11.1 Å². The van der Waals surface area contributed by atoms with Gasteiger partial charge in [-0.15, -0.1) is 0 Å². The number of nitrogens with zero attached hydrogens (tertiary/aromatic N) is 3. The Hall–Kier alpha value is -4.17. The zero-order valence-corrected chi connectivity index (χ0v) is 21.2. The van der Waals surface area contributed by atoms with E-state index in [0.29, 0.717) is 0 Å². The summed E-state index contributed by atoms with van der Waals surface area (Å²) < 4.78 is 15.6. The molecule has 198 valence electrons. The second kappa shape index (κ2) is 12.9. The molecule has 1 fully saturated rings. The number of aromatic nitrogens is 1. The molecule has 8 heteroatoms. The summed E-state index contributed by atoms with van der Waals surface area (Å²) in [5.41, 5.74) is 5.04. The van der Waals surface area contributed by atoms with E-state index >= 15 is 0 Å². The zero-order valence-electron chi connectivity index (χ0n) is 21.2. The molecule has 7 nitrogen and oxygen atoms in total. The van der Waals surface area contributed by atoms with Crippen LogP contribution in [0.4, 0.5) is 10.1 Å². The van der Waals surface area contributed by atoms with Gasteiger partial charge in [0.25, 0.3) is 0 Å². The van der Waals surface area contributed by atoms with Gasteiger partial charge in [-0.25, -0.2) is 14.0 Å². The summed E-state index contributed by atoms with van der Waals surface area (Å²) in [6.07, 6.45) is 4.69. The van der Waals surface area contributed by atoms with E-state index in [2.05, 4.69) is 75.2 Å². The van der Waals surface area contributed by atoms with Crippen LogP contribution in [0.3, 0.4) is 0 Å². The van der Waals surface area contributed by atoms with E-state index in [9.17, 15) is 4.39 Å². The maximum absolute atomic E-state index is 13.2. The van der Waals surface area contributed by atoms with Gasteiger partial charge in [0, 0.05) is 61.1 Å². The van der Waals surface area contributed by atoms with Crippen LogP contribution in [0.15, 0.2) is 85.1 Å². The van der Waals surface area contributed by atoms with Gasteiger partial charge in [0.15, 0.2) is 0 Å². The number of aryl methyl sites for hydroxylation is 1. The molecule has 5 rings (SSSR count). The average molecular weight is 518 g/mol. The zero-order chi connectivity index (χ0) is 26.9. The van der Waals surface area contributed by atoms with Crippen LogP contribution in [0.5, 0.6) is 0 Å². The summed E-state index contributed by atoms with van der Waals surface area (Å²) in [7, 11) is 0. The Morgan fingerprint density at radius 1 is 0.737 bits per heavy atom. The van der Waals surface area contributed by atoms with Gasteiger partial charge in [-0.05, 0) is 55.3 Å². The maximum Gasteiger partial charge on any atom is 0.414 e. The molecule has 2 N–H and O–H groups in total. The first-order valence-corrected chi connectivity index (χ1v) is 12.7. The number of benzene rings is 3. The lowest BCUT2D eigenvalue weighted by Crippen LogP contribution is -2.46. The van der Waals surface area contributed by atoms with Crippen LogP contribution in [0.25, 0.3) is 22.0 Å². The highest BCUT2D eigenvalue weighted by molar-refractivity contribution is 6.27. The fourth-order valence-electron chi connectivity index (χ4n) is 4.78. The summed E-state index contributed by atoms with van der Waals surface area (Å²) in [6.45, 7) is 6.34. The van der Waals surface area contributed by atoms with Crippen molar-refractivity contribution in [1.82, 2.24) is 9.47 Å². The van der Waals surface area contributed by atoms with Crippen molar-refractivity contribution in [3.63, 3.8) is 0 Å². The monoisotopic (exact) mass is 517 g/mol.